The molecule has 5 rings (SSSR count). The van der Waals surface area contributed by atoms with Crippen molar-refractivity contribution in [3.8, 4) is 0 Å². The standard InChI is InChI=1S/C26H33ClN4O2/c27-21-6-3-7-22(18-21)30-11-12-31-24-8-2-1-5-20(24)17-23(25(31)19-30)26(32)28-9-4-10-29-13-15-33-16-14-29/h1-3,5-8,18,23,25H,4,9-17,19H2,(H,28,32)/t23-,25+/m1/s1. The Hall–Kier alpha value is -2.28. The van der Waals surface area contributed by atoms with Crippen LogP contribution in [0.4, 0.5) is 11.4 Å². The summed E-state index contributed by atoms with van der Waals surface area (Å²) in [7, 11) is 0. The van der Waals surface area contributed by atoms with E-state index in [0.717, 1.165) is 82.6 Å². The third-order valence-corrected chi connectivity index (χ3v) is 7.42. The summed E-state index contributed by atoms with van der Waals surface area (Å²) in [4.78, 5) is 20.6. The van der Waals surface area contributed by atoms with Crippen LogP contribution in [0.3, 0.4) is 0 Å². The lowest BCUT2D eigenvalue weighted by atomic mass is 9.83. The average Bonchev–Trinajstić information content (AvgIpc) is 2.86. The van der Waals surface area contributed by atoms with Gasteiger partial charge < -0.3 is 19.9 Å². The van der Waals surface area contributed by atoms with Crippen LogP contribution in [0.15, 0.2) is 48.5 Å². The van der Waals surface area contributed by atoms with E-state index in [1.807, 2.05) is 18.2 Å². The van der Waals surface area contributed by atoms with E-state index < -0.39 is 0 Å². The normalized spacial score (nSPS) is 23.1. The summed E-state index contributed by atoms with van der Waals surface area (Å²) >= 11 is 6.26. The molecule has 2 saturated heterocycles. The number of rotatable bonds is 6. The number of anilines is 2. The van der Waals surface area contributed by atoms with E-state index in [9.17, 15) is 4.79 Å². The SMILES string of the molecule is O=C(NCCCN1CCOCC1)[C@@H]1Cc2ccccc2N2CCN(c3cccc(Cl)c3)C[C@@H]12. The number of amides is 1. The van der Waals surface area contributed by atoms with Crippen molar-refractivity contribution >= 4 is 28.9 Å². The molecule has 3 aliphatic rings. The Kier molecular flexibility index (Phi) is 7.04. The van der Waals surface area contributed by atoms with Crippen LogP contribution in [0.5, 0.6) is 0 Å². The largest absolute Gasteiger partial charge is 0.379 e. The molecule has 33 heavy (non-hydrogen) atoms. The highest BCUT2D eigenvalue weighted by molar-refractivity contribution is 6.30. The van der Waals surface area contributed by atoms with E-state index >= 15 is 0 Å². The predicted octanol–water partition coefficient (Wildman–Crippen LogP) is 3.05. The van der Waals surface area contributed by atoms with Gasteiger partial charge in [0.25, 0.3) is 0 Å². The molecule has 0 spiro atoms. The number of fused-ring (bicyclic) bond motifs is 3. The van der Waals surface area contributed by atoms with Crippen molar-refractivity contribution in [3.63, 3.8) is 0 Å². The van der Waals surface area contributed by atoms with E-state index in [1.165, 1.54) is 11.3 Å². The van der Waals surface area contributed by atoms with Gasteiger partial charge in [-0.15, -0.1) is 0 Å². The number of piperazine rings is 1. The van der Waals surface area contributed by atoms with Gasteiger partial charge in [-0.1, -0.05) is 35.9 Å². The zero-order chi connectivity index (χ0) is 22.6. The van der Waals surface area contributed by atoms with Gasteiger partial charge in [0.1, 0.15) is 0 Å². The molecule has 2 fully saturated rings. The lowest BCUT2D eigenvalue weighted by molar-refractivity contribution is -0.125. The zero-order valence-corrected chi connectivity index (χ0v) is 19.8. The van der Waals surface area contributed by atoms with Crippen molar-refractivity contribution in [2.45, 2.75) is 18.9 Å². The molecule has 176 valence electrons. The van der Waals surface area contributed by atoms with Gasteiger partial charge in [0.05, 0.1) is 25.2 Å². The van der Waals surface area contributed by atoms with Crippen molar-refractivity contribution in [2.24, 2.45) is 5.92 Å². The average molecular weight is 469 g/mol. The van der Waals surface area contributed by atoms with Crippen molar-refractivity contribution in [1.29, 1.82) is 0 Å². The van der Waals surface area contributed by atoms with E-state index in [-0.39, 0.29) is 17.9 Å². The molecule has 1 amide bonds. The molecule has 0 bridgehead atoms. The minimum atomic E-state index is -0.0646. The summed E-state index contributed by atoms with van der Waals surface area (Å²) in [6.45, 7) is 7.97. The maximum atomic E-state index is 13.4. The summed E-state index contributed by atoms with van der Waals surface area (Å²) in [5.41, 5.74) is 3.69. The maximum Gasteiger partial charge on any atom is 0.225 e. The summed E-state index contributed by atoms with van der Waals surface area (Å²) in [6.07, 6.45) is 1.76. The van der Waals surface area contributed by atoms with E-state index in [1.54, 1.807) is 0 Å². The quantitative estimate of drug-likeness (QED) is 0.660. The number of benzene rings is 2. The van der Waals surface area contributed by atoms with E-state index in [4.69, 9.17) is 16.3 Å². The first-order valence-electron chi connectivity index (χ1n) is 12.1. The number of hydrogen-bond acceptors (Lipinski definition) is 5. The van der Waals surface area contributed by atoms with Gasteiger partial charge in [-0.3, -0.25) is 9.69 Å². The van der Waals surface area contributed by atoms with Crippen molar-refractivity contribution < 1.29 is 9.53 Å². The number of carbonyl (C=O) groups excluding carboxylic acids is 1. The molecule has 0 aromatic heterocycles. The lowest BCUT2D eigenvalue weighted by Crippen LogP contribution is -2.61. The molecule has 2 aromatic rings. The highest BCUT2D eigenvalue weighted by Gasteiger charge is 2.41. The first kappa shape index (κ1) is 22.5. The van der Waals surface area contributed by atoms with Gasteiger partial charge in [-0.2, -0.15) is 0 Å². The number of para-hydroxylation sites is 1. The lowest BCUT2D eigenvalue weighted by Gasteiger charge is -2.49. The Morgan fingerprint density at radius 3 is 2.76 bits per heavy atom. The number of morpholine rings is 1. The molecule has 3 aliphatic heterocycles. The monoisotopic (exact) mass is 468 g/mol. The molecular weight excluding hydrogens is 436 g/mol. The van der Waals surface area contributed by atoms with Crippen LogP contribution in [0.25, 0.3) is 0 Å². The predicted molar refractivity (Wildman–Crippen MR) is 133 cm³/mol. The van der Waals surface area contributed by atoms with Crippen LogP contribution in [-0.2, 0) is 16.0 Å². The molecule has 0 aliphatic carbocycles. The molecule has 1 N–H and O–H groups in total. The Bertz CT molecular complexity index is 965. The summed E-state index contributed by atoms with van der Waals surface area (Å²) in [5.74, 6) is 0.111. The molecular formula is C26H33ClN4O2. The molecule has 3 heterocycles. The highest BCUT2D eigenvalue weighted by atomic mass is 35.5. The number of nitrogens with one attached hydrogen (secondary N) is 1. The second-order valence-electron chi connectivity index (χ2n) is 9.22. The fourth-order valence-electron chi connectivity index (χ4n) is 5.43. The second-order valence-corrected chi connectivity index (χ2v) is 9.66. The third kappa shape index (κ3) is 5.13. The fourth-order valence-corrected chi connectivity index (χ4v) is 5.62. The Labute approximate surface area is 201 Å². The van der Waals surface area contributed by atoms with Crippen LogP contribution >= 0.6 is 11.6 Å². The van der Waals surface area contributed by atoms with Gasteiger partial charge in [0.2, 0.25) is 5.91 Å². The smallest absolute Gasteiger partial charge is 0.225 e. The van der Waals surface area contributed by atoms with Crippen LogP contribution in [0.2, 0.25) is 5.02 Å². The minimum absolute atomic E-state index is 0.0646. The van der Waals surface area contributed by atoms with Gasteiger partial charge >= 0.3 is 0 Å². The molecule has 7 heteroatoms. The fraction of sp³-hybridized carbons (Fsp3) is 0.500. The second kappa shape index (κ2) is 10.3. The maximum absolute atomic E-state index is 13.4. The highest BCUT2D eigenvalue weighted by Crippen LogP contribution is 2.37. The van der Waals surface area contributed by atoms with Crippen molar-refractivity contribution in [2.75, 3.05) is 68.8 Å². The van der Waals surface area contributed by atoms with Crippen molar-refractivity contribution in [1.82, 2.24) is 10.2 Å². The summed E-state index contributed by atoms with van der Waals surface area (Å²) in [6, 6.07) is 16.7. The summed E-state index contributed by atoms with van der Waals surface area (Å²) < 4.78 is 5.42. The van der Waals surface area contributed by atoms with Gasteiger partial charge in [-0.05, 0) is 49.2 Å². The minimum Gasteiger partial charge on any atom is -0.379 e. The third-order valence-electron chi connectivity index (χ3n) is 7.19. The van der Waals surface area contributed by atoms with Crippen LogP contribution in [0, 0.1) is 5.92 Å². The molecule has 2 aromatic carbocycles. The van der Waals surface area contributed by atoms with E-state index in [2.05, 4.69) is 50.3 Å². The Morgan fingerprint density at radius 1 is 1.06 bits per heavy atom. The summed E-state index contributed by atoms with van der Waals surface area (Å²) in [5, 5.41) is 4.00. The number of hydrogen-bond donors (Lipinski definition) is 1. The number of halogens is 1. The Morgan fingerprint density at radius 2 is 1.91 bits per heavy atom. The number of ether oxygens (including phenoxy) is 1. The van der Waals surface area contributed by atoms with Crippen molar-refractivity contribution in [3.05, 3.63) is 59.1 Å². The van der Waals surface area contributed by atoms with Gasteiger partial charge in [0.15, 0.2) is 0 Å². The molecule has 0 unspecified atom stereocenters. The molecule has 6 nitrogen and oxygen atoms in total. The first-order valence-corrected chi connectivity index (χ1v) is 12.5. The number of nitrogens with zero attached hydrogens (tertiary/aromatic N) is 3. The van der Waals surface area contributed by atoms with Crippen LogP contribution in [-0.4, -0.2) is 75.9 Å². The number of carbonyl (C=O) groups is 1. The molecule has 0 saturated carbocycles. The van der Waals surface area contributed by atoms with Crippen LogP contribution < -0.4 is 15.1 Å². The van der Waals surface area contributed by atoms with E-state index in [0.29, 0.717) is 0 Å². The molecule has 0 radical (unpaired) electrons. The molecule has 2 atom stereocenters. The van der Waals surface area contributed by atoms with Gasteiger partial charge in [-0.25, -0.2) is 0 Å². The topological polar surface area (TPSA) is 48.1 Å². The van der Waals surface area contributed by atoms with Gasteiger partial charge in [0, 0.05) is 55.7 Å². The zero-order valence-electron chi connectivity index (χ0n) is 19.1. The first-order chi connectivity index (χ1) is 16.2. The Balaban J connectivity index is 1.27. The van der Waals surface area contributed by atoms with Crippen LogP contribution in [0.1, 0.15) is 12.0 Å².